The van der Waals surface area contributed by atoms with Gasteiger partial charge in [0, 0.05) is 43.3 Å². The monoisotopic (exact) mass is 350 g/mol. The molecule has 2 aromatic heterocycles. The van der Waals surface area contributed by atoms with Crippen LogP contribution in [-0.2, 0) is 13.6 Å². The van der Waals surface area contributed by atoms with E-state index in [-0.39, 0.29) is 5.91 Å². The molecule has 7 nitrogen and oxygen atoms in total. The second kappa shape index (κ2) is 6.87. The highest BCUT2D eigenvalue weighted by Crippen LogP contribution is 2.33. The molecule has 0 saturated carbocycles. The maximum Gasteiger partial charge on any atom is 0.255 e. The third-order valence-electron chi connectivity index (χ3n) is 4.10. The molecule has 3 aromatic rings. The van der Waals surface area contributed by atoms with E-state index in [1.54, 1.807) is 41.5 Å². The van der Waals surface area contributed by atoms with E-state index in [0.29, 0.717) is 36.8 Å². The lowest BCUT2D eigenvalue weighted by atomic mass is 10.1. The van der Waals surface area contributed by atoms with Gasteiger partial charge in [-0.15, -0.1) is 0 Å². The predicted octanol–water partition coefficient (Wildman–Crippen LogP) is 2.18. The number of nitrogens with zero attached hydrogens (tertiary/aromatic N) is 3. The maximum atomic E-state index is 12.6. The lowest BCUT2D eigenvalue weighted by Gasteiger charge is -2.20. The van der Waals surface area contributed by atoms with Crippen molar-refractivity contribution in [2.45, 2.75) is 6.54 Å². The number of nitrogens with one attached hydrogen (secondary N) is 1. The first-order valence-corrected chi connectivity index (χ1v) is 8.30. The van der Waals surface area contributed by atoms with Gasteiger partial charge in [0.05, 0.1) is 11.8 Å². The molecule has 0 radical (unpaired) electrons. The molecule has 1 aliphatic rings. The van der Waals surface area contributed by atoms with Crippen LogP contribution in [0.2, 0.25) is 0 Å². The van der Waals surface area contributed by atoms with E-state index in [0.717, 1.165) is 16.7 Å². The summed E-state index contributed by atoms with van der Waals surface area (Å²) in [5, 5.41) is 7.08. The van der Waals surface area contributed by atoms with E-state index < -0.39 is 0 Å². The van der Waals surface area contributed by atoms with Gasteiger partial charge in [-0.05, 0) is 23.8 Å². The third-order valence-corrected chi connectivity index (χ3v) is 4.10. The van der Waals surface area contributed by atoms with Crippen molar-refractivity contribution in [1.82, 2.24) is 20.1 Å². The summed E-state index contributed by atoms with van der Waals surface area (Å²) >= 11 is 0. The van der Waals surface area contributed by atoms with E-state index >= 15 is 0 Å². The zero-order valence-electron chi connectivity index (χ0n) is 14.3. The van der Waals surface area contributed by atoms with Crippen LogP contribution in [0.5, 0.6) is 11.5 Å². The first-order chi connectivity index (χ1) is 12.7. The van der Waals surface area contributed by atoms with Crippen LogP contribution < -0.4 is 14.8 Å². The Labute approximate surface area is 150 Å². The average Bonchev–Trinajstić information content (AvgIpc) is 3.12. The van der Waals surface area contributed by atoms with E-state index in [1.165, 1.54) is 0 Å². The van der Waals surface area contributed by atoms with Crippen molar-refractivity contribution in [1.29, 1.82) is 0 Å². The molecule has 0 spiro atoms. The lowest BCUT2D eigenvalue weighted by molar-refractivity contribution is 0.0939. The Hall–Kier alpha value is -3.35. The Kier molecular flexibility index (Phi) is 4.27. The highest BCUT2D eigenvalue weighted by molar-refractivity contribution is 5.97. The summed E-state index contributed by atoms with van der Waals surface area (Å²) in [6, 6.07) is 7.30. The minimum atomic E-state index is -0.209. The smallest absolute Gasteiger partial charge is 0.255 e. The van der Waals surface area contributed by atoms with Gasteiger partial charge in [0.25, 0.3) is 5.91 Å². The Balaban J connectivity index is 1.49. The van der Waals surface area contributed by atoms with Gasteiger partial charge in [-0.25, -0.2) is 0 Å². The van der Waals surface area contributed by atoms with Gasteiger partial charge in [0.1, 0.15) is 13.2 Å². The molecule has 0 aliphatic carbocycles. The summed E-state index contributed by atoms with van der Waals surface area (Å²) < 4.78 is 12.9. The number of carbonyl (C=O) groups excluding carboxylic acids is 1. The van der Waals surface area contributed by atoms with Gasteiger partial charge in [0.15, 0.2) is 11.5 Å². The number of rotatable bonds is 4. The SMILES string of the molecule is Cn1cc(-c2cncc(CNC(=O)c3cccc4c3OCCO4)c2)cn1. The first-order valence-electron chi connectivity index (χ1n) is 8.30. The zero-order chi connectivity index (χ0) is 17.9. The van der Waals surface area contributed by atoms with Crippen LogP contribution in [-0.4, -0.2) is 33.9 Å². The van der Waals surface area contributed by atoms with Crippen molar-refractivity contribution >= 4 is 5.91 Å². The van der Waals surface area contributed by atoms with Crippen LogP contribution in [0.4, 0.5) is 0 Å². The van der Waals surface area contributed by atoms with Gasteiger partial charge in [0.2, 0.25) is 0 Å². The van der Waals surface area contributed by atoms with Crippen LogP contribution in [0.25, 0.3) is 11.1 Å². The fourth-order valence-electron chi connectivity index (χ4n) is 2.84. The number of benzene rings is 1. The maximum absolute atomic E-state index is 12.6. The molecule has 1 aromatic carbocycles. The Bertz CT molecular complexity index is 951. The molecule has 0 saturated heterocycles. The first kappa shape index (κ1) is 16.1. The summed E-state index contributed by atoms with van der Waals surface area (Å²) in [7, 11) is 1.87. The number of fused-ring (bicyclic) bond motifs is 1. The summed E-state index contributed by atoms with van der Waals surface area (Å²) in [4.78, 5) is 16.8. The Morgan fingerprint density at radius 3 is 2.92 bits per heavy atom. The normalized spacial score (nSPS) is 12.7. The highest BCUT2D eigenvalue weighted by Gasteiger charge is 2.20. The molecule has 132 valence electrons. The summed E-state index contributed by atoms with van der Waals surface area (Å²) in [6.45, 7) is 1.30. The molecule has 26 heavy (non-hydrogen) atoms. The molecule has 7 heteroatoms. The molecule has 0 fully saturated rings. The Morgan fingerprint density at radius 1 is 1.19 bits per heavy atom. The van der Waals surface area contributed by atoms with Crippen LogP contribution in [0.15, 0.2) is 49.1 Å². The minimum absolute atomic E-state index is 0.209. The van der Waals surface area contributed by atoms with Crippen molar-refractivity contribution in [3.8, 4) is 22.6 Å². The van der Waals surface area contributed by atoms with Crippen LogP contribution >= 0.6 is 0 Å². The molecular formula is C19H18N4O3. The quantitative estimate of drug-likeness (QED) is 0.780. The standard InChI is InChI=1S/C19H18N4O3/c1-23-12-15(11-22-23)14-7-13(8-20-10-14)9-21-19(24)16-3-2-4-17-18(16)26-6-5-25-17/h2-4,7-8,10-12H,5-6,9H2,1H3,(H,21,24). The van der Waals surface area contributed by atoms with Crippen LogP contribution in [0.3, 0.4) is 0 Å². The van der Waals surface area contributed by atoms with E-state index in [2.05, 4.69) is 15.4 Å². The summed E-state index contributed by atoms with van der Waals surface area (Å²) in [5.74, 6) is 0.891. The number of aromatic nitrogens is 3. The van der Waals surface area contributed by atoms with E-state index in [1.807, 2.05) is 19.3 Å². The molecule has 0 bridgehead atoms. The van der Waals surface area contributed by atoms with Crippen molar-refractivity contribution in [2.75, 3.05) is 13.2 Å². The number of ether oxygens (including phenoxy) is 2. The number of hydrogen-bond acceptors (Lipinski definition) is 5. The second-order valence-corrected chi connectivity index (χ2v) is 6.00. The molecule has 1 N–H and O–H groups in total. The molecule has 3 heterocycles. The minimum Gasteiger partial charge on any atom is -0.486 e. The fourth-order valence-corrected chi connectivity index (χ4v) is 2.84. The van der Waals surface area contributed by atoms with Crippen molar-refractivity contribution in [3.05, 3.63) is 60.2 Å². The lowest BCUT2D eigenvalue weighted by Crippen LogP contribution is -2.25. The molecule has 1 amide bonds. The highest BCUT2D eigenvalue weighted by atomic mass is 16.6. The number of hydrogen-bond donors (Lipinski definition) is 1. The number of amides is 1. The van der Waals surface area contributed by atoms with E-state index in [9.17, 15) is 4.79 Å². The van der Waals surface area contributed by atoms with Crippen LogP contribution in [0.1, 0.15) is 15.9 Å². The van der Waals surface area contributed by atoms with Crippen molar-refractivity contribution < 1.29 is 14.3 Å². The molecule has 0 unspecified atom stereocenters. The number of aryl methyl sites for hydroxylation is 1. The molecule has 1 aliphatic heterocycles. The molecule has 0 atom stereocenters. The Morgan fingerprint density at radius 2 is 2.08 bits per heavy atom. The predicted molar refractivity (Wildman–Crippen MR) is 95.0 cm³/mol. The fraction of sp³-hybridized carbons (Fsp3) is 0.211. The summed E-state index contributed by atoms with van der Waals surface area (Å²) in [5.41, 5.74) is 3.31. The third kappa shape index (κ3) is 3.23. The molecule has 4 rings (SSSR count). The molecular weight excluding hydrogens is 332 g/mol. The largest absolute Gasteiger partial charge is 0.486 e. The summed E-state index contributed by atoms with van der Waals surface area (Å²) in [6.07, 6.45) is 7.22. The zero-order valence-corrected chi connectivity index (χ0v) is 14.3. The van der Waals surface area contributed by atoms with Gasteiger partial charge in [-0.1, -0.05) is 6.07 Å². The van der Waals surface area contributed by atoms with Crippen molar-refractivity contribution in [3.63, 3.8) is 0 Å². The van der Waals surface area contributed by atoms with Gasteiger partial charge in [-0.2, -0.15) is 5.10 Å². The van der Waals surface area contributed by atoms with Gasteiger partial charge >= 0.3 is 0 Å². The number of pyridine rings is 1. The van der Waals surface area contributed by atoms with Crippen molar-refractivity contribution in [2.24, 2.45) is 7.05 Å². The topological polar surface area (TPSA) is 78.3 Å². The second-order valence-electron chi connectivity index (χ2n) is 6.00. The van der Waals surface area contributed by atoms with Crippen LogP contribution in [0, 0.1) is 0 Å². The van der Waals surface area contributed by atoms with Gasteiger partial charge < -0.3 is 14.8 Å². The van der Waals surface area contributed by atoms with E-state index in [4.69, 9.17) is 9.47 Å². The van der Waals surface area contributed by atoms with Gasteiger partial charge in [-0.3, -0.25) is 14.5 Å². The number of para-hydroxylation sites is 1. The average molecular weight is 350 g/mol. The number of carbonyl (C=O) groups is 1.